The number of halogens is 3. The van der Waals surface area contributed by atoms with Crippen LogP contribution in [0.4, 0.5) is 18.9 Å². The summed E-state index contributed by atoms with van der Waals surface area (Å²) in [5.41, 5.74) is 0.753. The fourth-order valence-corrected chi connectivity index (χ4v) is 2.85. The van der Waals surface area contributed by atoms with Crippen LogP contribution in [-0.2, 0) is 0 Å². The number of nitrogens with one attached hydrogen (secondary N) is 1. The molecule has 0 amide bonds. The number of aromatic nitrogens is 1. The van der Waals surface area contributed by atoms with Crippen molar-refractivity contribution in [2.75, 3.05) is 12.4 Å². The van der Waals surface area contributed by atoms with E-state index in [0.717, 1.165) is 16.9 Å². The largest absolute Gasteiger partial charge is 0.476 e. The Morgan fingerprint density at radius 1 is 1.37 bits per heavy atom. The Bertz CT molecular complexity index is 933. The van der Waals surface area contributed by atoms with E-state index in [2.05, 4.69) is 26.9 Å². The van der Waals surface area contributed by atoms with Gasteiger partial charge in [0.05, 0.1) is 4.88 Å². The number of nitrogens with zero attached hydrogens (tertiary/aromatic N) is 3. The molecular formula is C17H15F3N4O2S. The molecule has 0 aliphatic carbocycles. The van der Waals surface area contributed by atoms with Crippen LogP contribution in [0.25, 0.3) is 10.4 Å². The molecule has 0 atom stereocenters. The topological polar surface area (TPSA) is 86.9 Å². The van der Waals surface area contributed by atoms with Crippen LogP contribution in [0.3, 0.4) is 0 Å². The van der Waals surface area contributed by atoms with Crippen molar-refractivity contribution in [3.8, 4) is 10.4 Å². The van der Waals surface area contributed by atoms with Crippen LogP contribution in [0.1, 0.15) is 15.4 Å². The molecular weight excluding hydrogens is 381 g/mol. The van der Waals surface area contributed by atoms with Crippen molar-refractivity contribution in [1.82, 2.24) is 4.98 Å². The number of hydrogen-bond donors (Lipinski definition) is 2. The van der Waals surface area contributed by atoms with Crippen molar-refractivity contribution in [2.45, 2.75) is 13.1 Å². The summed E-state index contributed by atoms with van der Waals surface area (Å²) >= 11 is 0.996. The minimum atomic E-state index is -4.65. The van der Waals surface area contributed by atoms with Crippen LogP contribution < -0.4 is 5.32 Å². The maximum atomic E-state index is 12.8. The predicted molar refractivity (Wildman–Crippen MR) is 99.9 cm³/mol. The summed E-state index contributed by atoms with van der Waals surface area (Å²) in [4.78, 5) is 22.6. The van der Waals surface area contributed by atoms with Gasteiger partial charge < -0.3 is 10.4 Å². The first-order valence-corrected chi connectivity index (χ1v) is 8.29. The molecule has 2 N–H and O–H groups in total. The number of carboxylic acids is 1. The maximum Gasteiger partial charge on any atom is 0.433 e. The Hall–Kier alpha value is -3.01. The lowest BCUT2D eigenvalue weighted by molar-refractivity contribution is -0.0575. The Morgan fingerprint density at radius 3 is 2.59 bits per heavy atom. The summed E-state index contributed by atoms with van der Waals surface area (Å²) in [6.45, 7) is 4.92. The molecule has 0 bridgehead atoms. The first-order chi connectivity index (χ1) is 12.6. The van der Waals surface area contributed by atoms with Crippen LogP contribution in [0.15, 0.2) is 47.0 Å². The van der Waals surface area contributed by atoms with Gasteiger partial charge in [-0.05, 0) is 36.3 Å². The Balaban J connectivity index is 2.36. The lowest BCUT2D eigenvalue weighted by Gasteiger charge is -2.11. The number of carboxylic acid groups (broad SMARTS) is 1. The summed E-state index contributed by atoms with van der Waals surface area (Å²) in [6, 6.07) is 5.15. The van der Waals surface area contributed by atoms with E-state index in [1.165, 1.54) is 13.2 Å². The highest BCUT2D eigenvalue weighted by Gasteiger charge is 2.33. The van der Waals surface area contributed by atoms with Gasteiger partial charge in [-0.2, -0.15) is 13.2 Å². The number of thiazole rings is 1. The summed E-state index contributed by atoms with van der Waals surface area (Å²) in [6.07, 6.45) is -2.61. The first kappa shape index (κ1) is 20.3. The fourth-order valence-electron chi connectivity index (χ4n) is 2.11. The highest BCUT2D eigenvalue weighted by atomic mass is 32.1. The van der Waals surface area contributed by atoms with Crippen LogP contribution in [0.2, 0.25) is 0 Å². The van der Waals surface area contributed by atoms with Gasteiger partial charge in [-0.15, -0.1) is 11.3 Å². The number of carbonyl (C=O) groups is 1. The molecule has 0 unspecified atom stereocenters. The molecule has 6 nitrogen and oxygen atoms in total. The van der Waals surface area contributed by atoms with Gasteiger partial charge in [-0.25, -0.2) is 14.8 Å². The quantitative estimate of drug-likeness (QED) is 0.592. The number of aromatic carboxylic acids is 1. The number of rotatable bonds is 4. The van der Waals surface area contributed by atoms with Gasteiger partial charge in [0.25, 0.3) is 0 Å². The molecule has 0 saturated carbocycles. The molecule has 142 valence electrons. The van der Waals surface area contributed by atoms with Crippen LogP contribution in [-0.4, -0.2) is 41.0 Å². The van der Waals surface area contributed by atoms with Gasteiger partial charge in [0, 0.05) is 18.9 Å². The average molecular weight is 396 g/mol. The van der Waals surface area contributed by atoms with Crippen LogP contribution in [0.5, 0.6) is 0 Å². The number of hydrogen-bond acceptors (Lipinski definition) is 4. The van der Waals surface area contributed by atoms with Crippen molar-refractivity contribution in [1.29, 1.82) is 0 Å². The van der Waals surface area contributed by atoms with Crippen molar-refractivity contribution < 1.29 is 23.1 Å². The van der Waals surface area contributed by atoms with Crippen LogP contribution in [0, 0.1) is 6.92 Å². The van der Waals surface area contributed by atoms with E-state index in [-0.39, 0.29) is 11.0 Å². The molecule has 0 spiro atoms. The number of benzene rings is 1. The van der Waals surface area contributed by atoms with E-state index in [4.69, 9.17) is 5.11 Å². The van der Waals surface area contributed by atoms with Gasteiger partial charge in [0.1, 0.15) is 5.71 Å². The number of allylic oxidation sites excluding steroid dienone is 1. The van der Waals surface area contributed by atoms with Crippen LogP contribution >= 0.6 is 11.3 Å². The van der Waals surface area contributed by atoms with Crippen molar-refractivity contribution in [3.05, 3.63) is 47.6 Å². The van der Waals surface area contributed by atoms with Crippen molar-refractivity contribution in [3.63, 3.8) is 0 Å². The molecule has 0 saturated heterocycles. The lowest BCUT2D eigenvalue weighted by Crippen LogP contribution is -2.23. The van der Waals surface area contributed by atoms with Gasteiger partial charge in [0.15, 0.2) is 0 Å². The molecule has 27 heavy (non-hydrogen) atoms. The molecule has 2 aromatic rings. The third-order valence-corrected chi connectivity index (χ3v) is 4.26. The zero-order valence-electron chi connectivity index (χ0n) is 14.3. The third kappa shape index (κ3) is 5.23. The van der Waals surface area contributed by atoms with E-state index < -0.39 is 17.9 Å². The summed E-state index contributed by atoms with van der Waals surface area (Å²) < 4.78 is 38.5. The van der Waals surface area contributed by atoms with Gasteiger partial charge in [-0.3, -0.25) is 4.99 Å². The van der Waals surface area contributed by atoms with Crippen molar-refractivity contribution >= 4 is 34.7 Å². The third-order valence-electron chi connectivity index (χ3n) is 3.23. The number of anilines is 1. The van der Waals surface area contributed by atoms with E-state index in [9.17, 15) is 18.0 Å². The number of alkyl halides is 3. The highest BCUT2D eigenvalue weighted by molar-refractivity contribution is 7.16. The SMILES string of the molecule is C=C/C(=N\C(=NC)Nc1cc(C)cc(-c2cnc(C(=O)O)s2)c1)C(F)(F)F. The average Bonchev–Trinajstić information content (AvgIpc) is 3.07. The number of guanidine groups is 1. The van der Waals surface area contributed by atoms with Gasteiger partial charge in [-0.1, -0.05) is 12.6 Å². The van der Waals surface area contributed by atoms with E-state index >= 15 is 0 Å². The molecule has 1 heterocycles. The number of aliphatic imine (C=N–C) groups is 2. The fraction of sp³-hybridized carbons (Fsp3) is 0.176. The highest BCUT2D eigenvalue weighted by Crippen LogP contribution is 2.29. The molecule has 1 aromatic carbocycles. The minimum Gasteiger partial charge on any atom is -0.476 e. The van der Waals surface area contributed by atoms with Gasteiger partial charge in [0.2, 0.25) is 11.0 Å². The van der Waals surface area contributed by atoms with Gasteiger partial charge >= 0.3 is 12.1 Å². The second kappa shape index (κ2) is 8.12. The van der Waals surface area contributed by atoms with E-state index in [1.807, 2.05) is 0 Å². The normalized spacial score (nSPS) is 12.8. The minimum absolute atomic E-state index is 0.0535. The molecule has 10 heteroatoms. The standard InChI is InChI=1S/C17H15F3N4O2S/c1-4-13(17(18,19)20)24-16(21-3)23-11-6-9(2)5-10(7-11)12-8-22-14(27-12)15(25)26/h4-8H,1H2,2-3H3,(H,21,23)(H,25,26)/b24-13+. The molecule has 0 aliphatic heterocycles. The summed E-state index contributed by atoms with van der Waals surface area (Å²) in [5, 5.41) is 11.7. The molecule has 0 aliphatic rings. The first-order valence-electron chi connectivity index (χ1n) is 7.47. The second-order valence-corrected chi connectivity index (χ2v) is 6.32. The second-order valence-electron chi connectivity index (χ2n) is 5.29. The maximum absolute atomic E-state index is 12.8. The molecule has 0 fully saturated rings. The number of aryl methyl sites for hydroxylation is 1. The van der Waals surface area contributed by atoms with Crippen molar-refractivity contribution in [2.24, 2.45) is 9.98 Å². The monoisotopic (exact) mass is 396 g/mol. The summed E-state index contributed by atoms with van der Waals surface area (Å²) in [7, 11) is 1.31. The smallest absolute Gasteiger partial charge is 0.433 e. The Kier molecular flexibility index (Phi) is 6.11. The Morgan fingerprint density at radius 2 is 2.07 bits per heavy atom. The molecule has 0 radical (unpaired) electrons. The molecule has 2 rings (SSSR count). The zero-order valence-corrected chi connectivity index (χ0v) is 15.1. The lowest BCUT2D eigenvalue weighted by atomic mass is 10.1. The molecule has 1 aromatic heterocycles. The van der Waals surface area contributed by atoms with E-state index in [0.29, 0.717) is 22.2 Å². The predicted octanol–water partition coefficient (Wildman–Crippen LogP) is 4.40. The zero-order chi connectivity index (χ0) is 20.2. The Labute approximate surface area is 156 Å². The summed E-state index contributed by atoms with van der Waals surface area (Å²) in [5.74, 6) is -1.37. The van der Waals surface area contributed by atoms with E-state index in [1.54, 1.807) is 25.1 Å².